The van der Waals surface area contributed by atoms with Crippen molar-refractivity contribution in [1.29, 1.82) is 0 Å². The van der Waals surface area contributed by atoms with Crippen LogP contribution in [0.1, 0.15) is 20.3 Å². The zero-order valence-corrected chi connectivity index (χ0v) is 9.67. The third-order valence-corrected chi connectivity index (χ3v) is 2.80. The van der Waals surface area contributed by atoms with Gasteiger partial charge in [0.05, 0.1) is 18.5 Å². The largest absolute Gasteiger partial charge is 0.484 e. The first-order valence-corrected chi connectivity index (χ1v) is 5.73. The second-order valence-corrected chi connectivity index (χ2v) is 3.91. The Hall–Kier alpha value is -1.07. The molecule has 0 saturated heterocycles. The Morgan fingerprint density at radius 3 is 2.94 bits per heavy atom. The van der Waals surface area contributed by atoms with Crippen molar-refractivity contribution in [3.8, 4) is 5.75 Å². The normalized spacial score (nSPS) is 28.8. The molecule has 5 heteroatoms. The van der Waals surface area contributed by atoms with E-state index in [-0.39, 0.29) is 12.2 Å². The summed E-state index contributed by atoms with van der Waals surface area (Å²) in [5.41, 5.74) is 0. The molecular weight excluding hydrogens is 208 g/mol. The number of ether oxygens (including phenoxy) is 2. The molecule has 0 amide bonds. The van der Waals surface area contributed by atoms with Crippen molar-refractivity contribution in [2.75, 3.05) is 6.61 Å². The lowest BCUT2D eigenvalue weighted by molar-refractivity contribution is -0.160. The second-order valence-electron chi connectivity index (χ2n) is 3.91. The summed E-state index contributed by atoms with van der Waals surface area (Å²) in [6, 6.07) is 0. The summed E-state index contributed by atoms with van der Waals surface area (Å²) in [5.74, 6) is 0.739. The first-order valence-electron chi connectivity index (χ1n) is 5.73. The molecule has 0 bridgehead atoms. The Bertz CT molecular complexity index is 340. The lowest BCUT2D eigenvalue weighted by Gasteiger charge is -2.40. The summed E-state index contributed by atoms with van der Waals surface area (Å²) < 4.78 is 12.9. The maximum Gasteiger partial charge on any atom is 0.157 e. The number of aliphatic hydroxyl groups is 1. The Morgan fingerprint density at radius 2 is 2.38 bits per heavy atom. The summed E-state index contributed by atoms with van der Waals surface area (Å²) in [4.78, 5) is 0. The molecule has 1 aromatic heterocycles. The van der Waals surface area contributed by atoms with Gasteiger partial charge in [0.1, 0.15) is 12.2 Å². The molecule has 0 spiro atoms. The first kappa shape index (κ1) is 11.4. The molecule has 0 aliphatic heterocycles. The van der Waals surface area contributed by atoms with Gasteiger partial charge in [0.25, 0.3) is 0 Å². The quantitative estimate of drug-likeness (QED) is 0.807. The summed E-state index contributed by atoms with van der Waals surface area (Å²) in [7, 11) is 0. The van der Waals surface area contributed by atoms with E-state index in [1.165, 1.54) is 0 Å². The van der Waals surface area contributed by atoms with Crippen molar-refractivity contribution in [2.45, 2.75) is 45.1 Å². The van der Waals surface area contributed by atoms with E-state index < -0.39 is 6.10 Å². The lowest BCUT2D eigenvalue weighted by Crippen LogP contribution is -2.55. The number of aryl methyl sites for hydroxylation is 1. The number of hydrogen-bond donors (Lipinski definition) is 1. The molecule has 0 aromatic carbocycles. The van der Waals surface area contributed by atoms with Crippen molar-refractivity contribution in [3.05, 3.63) is 12.4 Å². The Labute approximate surface area is 95.0 Å². The van der Waals surface area contributed by atoms with E-state index in [1.807, 2.05) is 20.0 Å². The van der Waals surface area contributed by atoms with Crippen LogP contribution in [-0.2, 0) is 11.3 Å². The van der Waals surface area contributed by atoms with Crippen molar-refractivity contribution >= 4 is 0 Å². The topological polar surface area (TPSA) is 56.5 Å². The third kappa shape index (κ3) is 2.20. The minimum absolute atomic E-state index is 0.0514. The third-order valence-electron chi connectivity index (χ3n) is 2.80. The van der Waals surface area contributed by atoms with E-state index >= 15 is 0 Å². The van der Waals surface area contributed by atoms with E-state index in [4.69, 9.17) is 9.47 Å². The zero-order valence-electron chi connectivity index (χ0n) is 9.67. The molecule has 90 valence electrons. The van der Waals surface area contributed by atoms with Gasteiger partial charge in [-0.05, 0) is 13.8 Å². The van der Waals surface area contributed by atoms with Crippen LogP contribution < -0.4 is 4.74 Å². The molecule has 1 aliphatic carbocycles. The van der Waals surface area contributed by atoms with Crippen LogP contribution >= 0.6 is 0 Å². The summed E-state index contributed by atoms with van der Waals surface area (Å²) >= 11 is 0. The molecular formula is C11H18N2O3. The summed E-state index contributed by atoms with van der Waals surface area (Å²) in [6.45, 7) is 5.35. The summed E-state index contributed by atoms with van der Waals surface area (Å²) in [6.07, 6.45) is 3.53. The second kappa shape index (κ2) is 4.84. The molecule has 0 radical (unpaired) electrons. The van der Waals surface area contributed by atoms with Crippen LogP contribution in [0.15, 0.2) is 12.4 Å². The highest BCUT2D eigenvalue weighted by Gasteiger charge is 2.42. The van der Waals surface area contributed by atoms with Crippen molar-refractivity contribution in [3.63, 3.8) is 0 Å². The average Bonchev–Trinajstić information content (AvgIpc) is 2.73. The monoisotopic (exact) mass is 226 g/mol. The first-order chi connectivity index (χ1) is 7.74. The molecule has 16 heavy (non-hydrogen) atoms. The van der Waals surface area contributed by atoms with E-state index in [0.29, 0.717) is 13.0 Å². The van der Waals surface area contributed by atoms with E-state index in [1.54, 1.807) is 10.9 Å². The average molecular weight is 226 g/mol. The van der Waals surface area contributed by atoms with Crippen molar-refractivity contribution < 1.29 is 14.6 Å². The molecule has 3 unspecified atom stereocenters. The van der Waals surface area contributed by atoms with Crippen molar-refractivity contribution in [1.82, 2.24) is 9.78 Å². The molecule has 5 nitrogen and oxygen atoms in total. The lowest BCUT2D eigenvalue weighted by atomic mass is 9.88. The Morgan fingerprint density at radius 1 is 1.56 bits per heavy atom. The standard InChI is InChI=1S/C11H18N2O3/c1-3-13-7-8(6-12-13)16-10-5-9(14)11(10)15-4-2/h6-7,9-11,14H,3-5H2,1-2H3. The van der Waals surface area contributed by atoms with Gasteiger partial charge in [-0.1, -0.05) is 0 Å². The van der Waals surface area contributed by atoms with Crippen LogP contribution in [-0.4, -0.2) is 39.8 Å². The predicted molar refractivity (Wildman–Crippen MR) is 58.4 cm³/mol. The minimum atomic E-state index is -0.397. The SMILES string of the molecule is CCOC1C(O)CC1Oc1cnn(CC)c1. The highest BCUT2D eigenvalue weighted by molar-refractivity contribution is 5.14. The van der Waals surface area contributed by atoms with Crippen LogP contribution in [0.3, 0.4) is 0 Å². The Balaban J connectivity index is 1.90. The fourth-order valence-corrected chi connectivity index (χ4v) is 1.84. The molecule has 2 rings (SSSR count). The van der Waals surface area contributed by atoms with E-state index in [2.05, 4.69) is 5.10 Å². The number of aliphatic hydroxyl groups excluding tert-OH is 1. The van der Waals surface area contributed by atoms with Crippen LogP contribution in [0.25, 0.3) is 0 Å². The molecule has 3 atom stereocenters. The number of rotatable bonds is 5. The van der Waals surface area contributed by atoms with Crippen molar-refractivity contribution in [2.24, 2.45) is 0 Å². The maximum absolute atomic E-state index is 9.51. The number of hydrogen-bond acceptors (Lipinski definition) is 4. The van der Waals surface area contributed by atoms with Gasteiger partial charge in [0.15, 0.2) is 5.75 Å². The maximum atomic E-state index is 9.51. The fourth-order valence-electron chi connectivity index (χ4n) is 1.84. The van der Waals surface area contributed by atoms with Gasteiger partial charge in [0, 0.05) is 19.6 Å². The van der Waals surface area contributed by atoms with E-state index in [9.17, 15) is 5.11 Å². The van der Waals surface area contributed by atoms with Gasteiger partial charge in [-0.3, -0.25) is 4.68 Å². The van der Waals surface area contributed by atoms with Gasteiger partial charge >= 0.3 is 0 Å². The van der Waals surface area contributed by atoms with Crippen LogP contribution in [0.4, 0.5) is 0 Å². The molecule has 1 N–H and O–H groups in total. The molecule has 1 fully saturated rings. The van der Waals surface area contributed by atoms with Gasteiger partial charge in [-0.25, -0.2) is 0 Å². The zero-order chi connectivity index (χ0) is 11.5. The van der Waals surface area contributed by atoms with Crippen LogP contribution in [0, 0.1) is 0 Å². The van der Waals surface area contributed by atoms with Crippen LogP contribution in [0.5, 0.6) is 5.75 Å². The van der Waals surface area contributed by atoms with Gasteiger partial charge in [-0.2, -0.15) is 5.10 Å². The number of nitrogens with zero attached hydrogens (tertiary/aromatic N) is 2. The Kier molecular flexibility index (Phi) is 3.46. The van der Waals surface area contributed by atoms with Gasteiger partial charge in [-0.15, -0.1) is 0 Å². The minimum Gasteiger partial charge on any atom is -0.484 e. The molecule has 1 aromatic rings. The highest BCUT2D eigenvalue weighted by Crippen LogP contribution is 2.28. The molecule has 1 heterocycles. The molecule has 1 saturated carbocycles. The van der Waals surface area contributed by atoms with Crippen LogP contribution in [0.2, 0.25) is 0 Å². The summed E-state index contributed by atoms with van der Waals surface area (Å²) in [5, 5.41) is 13.6. The molecule has 1 aliphatic rings. The van der Waals surface area contributed by atoms with E-state index in [0.717, 1.165) is 12.3 Å². The smallest absolute Gasteiger partial charge is 0.157 e. The highest BCUT2D eigenvalue weighted by atomic mass is 16.6. The van der Waals surface area contributed by atoms with Gasteiger partial charge < -0.3 is 14.6 Å². The fraction of sp³-hybridized carbons (Fsp3) is 0.727. The number of aromatic nitrogens is 2. The van der Waals surface area contributed by atoms with Gasteiger partial charge in [0.2, 0.25) is 0 Å². The predicted octanol–water partition coefficient (Wildman–Crippen LogP) is 0.820.